The van der Waals surface area contributed by atoms with Crippen LogP contribution in [0.15, 0.2) is 58.4 Å². The minimum atomic E-state index is -0.696. The van der Waals surface area contributed by atoms with Crippen LogP contribution in [-0.2, 0) is 4.74 Å². The zero-order valence-corrected chi connectivity index (χ0v) is 19.3. The Kier molecular flexibility index (Phi) is 5.56. The molecule has 0 bridgehead atoms. The average molecular weight is 474 g/mol. The van der Waals surface area contributed by atoms with Gasteiger partial charge in [0.05, 0.1) is 12.0 Å². The monoisotopic (exact) mass is 474 g/mol. The number of carbonyl (C=O) groups is 2. The Morgan fingerprint density at radius 2 is 1.94 bits per heavy atom. The van der Waals surface area contributed by atoms with Crippen LogP contribution < -0.4 is 20.5 Å². The number of rotatable bonds is 4. The molecule has 0 spiro atoms. The van der Waals surface area contributed by atoms with E-state index in [9.17, 15) is 14.4 Å². The molecule has 1 aliphatic heterocycles. The van der Waals surface area contributed by atoms with Crippen molar-refractivity contribution in [3.63, 3.8) is 0 Å². The quantitative estimate of drug-likeness (QED) is 0.330. The topological polar surface area (TPSA) is 113 Å². The van der Waals surface area contributed by atoms with Gasteiger partial charge in [0.25, 0.3) is 11.5 Å². The number of aromatic nitrogens is 3. The number of benzene rings is 1. The van der Waals surface area contributed by atoms with E-state index in [0.29, 0.717) is 22.8 Å². The molecule has 4 aromatic rings. The van der Waals surface area contributed by atoms with E-state index in [1.807, 2.05) is 13.8 Å². The summed E-state index contributed by atoms with van der Waals surface area (Å²) in [7, 11) is 0. The molecule has 10 nitrogen and oxygen atoms in total. The van der Waals surface area contributed by atoms with E-state index >= 15 is 0 Å². The van der Waals surface area contributed by atoms with Crippen molar-refractivity contribution in [2.24, 2.45) is 4.99 Å². The van der Waals surface area contributed by atoms with E-state index in [0.717, 1.165) is 0 Å². The molecule has 3 aromatic heterocycles. The van der Waals surface area contributed by atoms with E-state index in [4.69, 9.17) is 14.2 Å². The molecule has 0 N–H and O–H groups in total. The second kappa shape index (κ2) is 8.71. The van der Waals surface area contributed by atoms with Crippen molar-refractivity contribution in [2.45, 2.75) is 26.8 Å². The number of esters is 1. The number of amides is 1. The van der Waals surface area contributed by atoms with Crippen LogP contribution in [0, 0.1) is 0 Å². The summed E-state index contributed by atoms with van der Waals surface area (Å²) >= 11 is 0. The zero-order valence-electron chi connectivity index (χ0n) is 19.3. The van der Waals surface area contributed by atoms with Crippen molar-refractivity contribution in [3.05, 3.63) is 75.6 Å². The lowest BCUT2D eigenvalue weighted by molar-refractivity contribution is 0.0523. The van der Waals surface area contributed by atoms with Crippen LogP contribution in [-0.4, -0.2) is 39.2 Å². The highest BCUT2D eigenvalue weighted by atomic mass is 16.7. The summed E-state index contributed by atoms with van der Waals surface area (Å²) in [5, 5.41) is 0.208. The van der Waals surface area contributed by atoms with Gasteiger partial charge >= 0.3 is 5.97 Å². The molecule has 0 saturated carbocycles. The molecule has 0 saturated heterocycles. The lowest BCUT2D eigenvalue weighted by atomic mass is 10.1. The maximum Gasteiger partial charge on any atom is 0.341 e. The third kappa shape index (κ3) is 3.82. The Morgan fingerprint density at radius 3 is 2.71 bits per heavy atom. The van der Waals surface area contributed by atoms with Gasteiger partial charge in [-0.3, -0.25) is 14.0 Å². The number of hydrogen-bond donors (Lipinski definition) is 0. The van der Waals surface area contributed by atoms with Crippen LogP contribution >= 0.6 is 0 Å². The van der Waals surface area contributed by atoms with Gasteiger partial charge in [0.1, 0.15) is 16.9 Å². The van der Waals surface area contributed by atoms with Gasteiger partial charge in [0.15, 0.2) is 17.0 Å². The molecule has 35 heavy (non-hydrogen) atoms. The van der Waals surface area contributed by atoms with Gasteiger partial charge in [-0.25, -0.2) is 9.78 Å². The van der Waals surface area contributed by atoms with Crippen LogP contribution in [0.2, 0.25) is 0 Å². The van der Waals surface area contributed by atoms with Gasteiger partial charge in [-0.15, -0.1) is 0 Å². The van der Waals surface area contributed by atoms with Crippen LogP contribution in [0.1, 0.15) is 47.5 Å². The van der Waals surface area contributed by atoms with E-state index < -0.39 is 11.9 Å². The minimum absolute atomic E-state index is 0.00285. The molecule has 1 aliphatic rings. The van der Waals surface area contributed by atoms with Crippen LogP contribution in [0.5, 0.6) is 11.5 Å². The zero-order chi connectivity index (χ0) is 24.7. The molecule has 1 aromatic carbocycles. The van der Waals surface area contributed by atoms with Crippen LogP contribution in [0.3, 0.4) is 0 Å². The molecule has 1 amide bonds. The summed E-state index contributed by atoms with van der Waals surface area (Å²) in [6.45, 7) is 5.57. The SMILES string of the molecule is CCOC(=O)c1cc2c(=O)n3ccccc3nc2n(C(C)C)c1=NC(=O)c1ccc2c(c1)OCO2. The first-order valence-electron chi connectivity index (χ1n) is 11.1. The first-order valence-corrected chi connectivity index (χ1v) is 11.1. The fraction of sp³-hybridized carbons (Fsp3) is 0.240. The molecule has 0 atom stereocenters. The molecule has 0 unspecified atom stereocenters. The van der Waals surface area contributed by atoms with Crippen molar-refractivity contribution in [1.29, 1.82) is 0 Å². The van der Waals surface area contributed by atoms with E-state index in [1.54, 1.807) is 48.0 Å². The maximum absolute atomic E-state index is 13.3. The molecule has 0 radical (unpaired) electrons. The lowest BCUT2D eigenvalue weighted by Gasteiger charge is -2.17. The summed E-state index contributed by atoms with van der Waals surface area (Å²) < 4.78 is 18.9. The summed E-state index contributed by atoms with van der Waals surface area (Å²) in [4.78, 5) is 48.4. The third-order valence-electron chi connectivity index (χ3n) is 5.57. The van der Waals surface area contributed by atoms with Gasteiger partial charge in [-0.1, -0.05) is 6.07 Å². The highest BCUT2D eigenvalue weighted by Gasteiger charge is 2.22. The summed E-state index contributed by atoms with van der Waals surface area (Å²) in [5.74, 6) is -0.319. The van der Waals surface area contributed by atoms with Gasteiger partial charge in [0, 0.05) is 17.8 Å². The van der Waals surface area contributed by atoms with Crippen molar-refractivity contribution in [2.75, 3.05) is 13.4 Å². The Labute approximate surface area is 199 Å². The fourth-order valence-corrected chi connectivity index (χ4v) is 3.99. The molecule has 4 heterocycles. The number of ether oxygens (including phenoxy) is 3. The lowest BCUT2D eigenvalue weighted by Crippen LogP contribution is -2.33. The number of nitrogens with zero attached hydrogens (tertiary/aromatic N) is 4. The van der Waals surface area contributed by atoms with Gasteiger partial charge in [-0.05, 0) is 57.2 Å². The standard InChI is InChI=1S/C25H22N4O6/c1-4-33-25(32)17-12-16-21(26-20-7-5-6-10-28(20)24(16)31)29(14(2)3)22(17)27-23(30)15-8-9-18-19(11-15)35-13-34-18/h5-12,14H,4,13H2,1-3H3. The van der Waals surface area contributed by atoms with Crippen molar-refractivity contribution >= 4 is 28.6 Å². The van der Waals surface area contributed by atoms with Crippen molar-refractivity contribution in [3.8, 4) is 11.5 Å². The highest BCUT2D eigenvalue weighted by molar-refractivity contribution is 5.97. The van der Waals surface area contributed by atoms with E-state index in [1.165, 1.54) is 16.5 Å². The smallest absolute Gasteiger partial charge is 0.341 e. The third-order valence-corrected chi connectivity index (χ3v) is 5.57. The maximum atomic E-state index is 13.3. The van der Waals surface area contributed by atoms with Crippen LogP contribution in [0.25, 0.3) is 16.7 Å². The van der Waals surface area contributed by atoms with Crippen LogP contribution in [0.4, 0.5) is 0 Å². The molecule has 0 fully saturated rings. The summed E-state index contributed by atoms with van der Waals surface area (Å²) in [6, 6.07) is 11.0. The molecular formula is C25H22N4O6. The van der Waals surface area contributed by atoms with E-state index in [-0.39, 0.29) is 47.0 Å². The number of fused-ring (bicyclic) bond motifs is 3. The van der Waals surface area contributed by atoms with Gasteiger partial charge < -0.3 is 18.8 Å². The summed E-state index contributed by atoms with van der Waals surface area (Å²) in [5.41, 5.74) is 0.695. The second-order valence-corrected chi connectivity index (χ2v) is 8.13. The molecule has 5 rings (SSSR count). The van der Waals surface area contributed by atoms with Gasteiger partial charge in [0.2, 0.25) is 6.79 Å². The molecule has 10 heteroatoms. The largest absolute Gasteiger partial charge is 0.462 e. The number of carbonyl (C=O) groups excluding carboxylic acids is 2. The van der Waals surface area contributed by atoms with Crippen molar-refractivity contribution in [1.82, 2.24) is 14.0 Å². The minimum Gasteiger partial charge on any atom is -0.462 e. The number of hydrogen-bond acceptors (Lipinski definition) is 7. The first-order chi connectivity index (χ1) is 16.9. The highest BCUT2D eigenvalue weighted by Crippen LogP contribution is 2.32. The Bertz CT molecular complexity index is 1630. The first kappa shape index (κ1) is 22.3. The molecule has 178 valence electrons. The Balaban J connectivity index is 1.84. The Morgan fingerprint density at radius 1 is 1.14 bits per heavy atom. The van der Waals surface area contributed by atoms with E-state index in [2.05, 4.69) is 9.98 Å². The average Bonchev–Trinajstić information content (AvgIpc) is 3.32. The molecule has 0 aliphatic carbocycles. The Hall–Kier alpha value is -4.47. The van der Waals surface area contributed by atoms with Crippen molar-refractivity contribution < 1.29 is 23.8 Å². The molecular weight excluding hydrogens is 452 g/mol. The second-order valence-electron chi connectivity index (χ2n) is 8.13. The fourth-order valence-electron chi connectivity index (χ4n) is 3.99. The normalized spacial score (nSPS) is 13.1. The predicted octanol–water partition coefficient (Wildman–Crippen LogP) is 2.88. The summed E-state index contributed by atoms with van der Waals surface area (Å²) in [6.07, 6.45) is 1.61. The number of pyridine rings is 2. The predicted molar refractivity (Wildman–Crippen MR) is 126 cm³/mol. The van der Waals surface area contributed by atoms with Gasteiger partial charge in [-0.2, -0.15) is 4.99 Å².